The highest BCUT2D eigenvalue weighted by molar-refractivity contribution is 5.85. The summed E-state index contributed by atoms with van der Waals surface area (Å²) in [6.45, 7) is 1.95. The number of rotatable bonds is 3. The summed E-state index contributed by atoms with van der Waals surface area (Å²) in [5, 5.41) is 6.79. The molecule has 0 aromatic heterocycles. The Balaban J connectivity index is 0.00000196. The van der Waals surface area contributed by atoms with Crippen molar-refractivity contribution < 1.29 is 0 Å². The SMILES string of the molecule is CC(N=C=N)c1cccc(N(C)C)c1.Cl. The maximum absolute atomic E-state index is 6.79. The molecule has 0 aliphatic heterocycles. The van der Waals surface area contributed by atoms with E-state index < -0.39 is 0 Å². The van der Waals surface area contributed by atoms with Crippen LogP contribution in [0.3, 0.4) is 0 Å². The quantitative estimate of drug-likeness (QED) is 0.790. The Hall–Kier alpha value is -1.31. The van der Waals surface area contributed by atoms with Crippen LogP contribution in [0, 0.1) is 5.41 Å². The Morgan fingerprint density at radius 3 is 2.60 bits per heavy atom. The maximum atomic E-state index is 6.79. The molecule has 0 aliphatic carbocycles. The molecule has 4 heteroatoms. The van der Waals surface area contributed by atoms with Crippen molar-refractivity contribution in [2.45, 2.75) is 13.0 Å². The standard InChI is InChI=1S/C11H15N3.ClH/c1-9(13-8-12)10-5-4-6-11(7-10)14(2)3;/h4-7,9,12H,1-3H3;1H. The molecule has 0 radical (unpaired) electrons. The van der Waals surface area contributed by atoms with Crippen molar-refractivity contribution in [3.8, 4) is 0 Å². The number of halogens is 1. The molecule has 0 saturated heterocycles. The van der Waals surface area contributed by atoms with E-state index in [1.807, 2.05) is 44.1 Å². The van der Waals surface area contributed by atoms with E-state index in [9.17, 15) is 0 Å². The molecule has 1 aromatic rings. The normalized spacial score (nSPS) is 10.9. The van der Waals surface area contributed by atoms with Crippen LogP contribution in [0.25, 0.3) is 0 Å². The van der Waals surface area contributed by atoms with Crippen LogP contribution < -0.4 is 4.90 Å². The molecule has 1 rings (SSSR count). The molecule has 3 nitrogen and oxygen atoms in total. The number of aliphatic imine (C=N–C) groups is 1. The van der Waals surface area contributed by atoms with Gasteiger partial charge in [0.15, 0.2) is 0 Å². The van der Waals surface area contributed by atoms with Gasteiger partial charge in [0.25, 0.3) is 0 Å². The maximum Gasteiger partial charge on any atom is 0.0868 e. The molecule has 1 N–H and O–H groups in total. The van der Waals surface area contributed by atoms with Gasteiger partial charge in [-0.3, -0.25) is 0 Å². The Morgan fingerprint density at radius 1 is 1.40 bits per heavy atom. The third kappa shape index (κ3) is 3.74. The highest BCUT2D eigenvalue weighted by atomic mass is 35.5. The van der Waals surface area contributed by atoms with E-state index in [2.05, 4.69) is 17.1 Å². The molecule has 1 atom stereocenters. The van der Waals surface area contributed by atoms with Crippen LogP contribution >= 0.6 is 12.4 Å². The van der Waals surface area contributed by atoms with Gasteiger partial charge >= 0.3 is 0 Å². The molecule has 1 unspecified atom stereocenters. The lowest BCUT2D eigenvalue weighted by Gasteiger charge is -2.14. The second-order valence-corrected chi connectivity index (χ2v) is 3.41. The van der Waals surface area contributed by atoms with Gasteiger partial charge in [0.1, 0.15) is 0 Å². The number of benzene rings is 1. The van der Waals surface area contributed by atoms with Crippen molar-refractivity contribution in [1.29, 1.82) is 5.41 Å². The number of nitrogens with one attached hydrogen (secondary N) is 1. The minimum Gasteiger partial charge on any atom is -0.378 e. The van der Waals surface area contributed by atoms with Gasteiger partial charge < -0.3 is 4.90 Å². The van der Waals surface area contributed by atoms with E-state index in [1.54, 1.807) is 0 Å². The molecule has 0 saturated carbocycles. The van der Waals surface area contributed by atoms with Crippen molar-refractivity contribution in [3.05, 3.63) is 29.8 Å². The van der Waals surface area contributed by atoms with Crippen molar-refractivity contribution in [2.75, 3.05) is 19.0 Å². The largest absolute Gasteiger partial charge is 0.378 e. The first-order valence-corrected chi connectivity index (χ1v) is 4.54. The third-order valence-electron chi connectivity index (χ3n) is 2.13. The summed E-state index contributed by atoms with van der Waals surface area (Å²) in [6, 6.07) is 10.2. The number of hydrogen-bond acceptors (Lipinski definition) is 3. The van der Waals surface area contributed by atoms with Gasteiger partial charge in [-0.2, -0.15) is 0 Å². The molecule has 1 aromatic carbocycles. The number of anilines is 1. The summed E-state index contributed by atoms with van der Waals surface area (Å²) in [5.41, 5.74) is 2.26. The summed E-state index contributed by atoms with van der Waals surface area (Å²) < 4.78 is 0. The molecule has 15 heavy (non-hydrogen) atoms. The van der Waals surface area contributed by atoms with Crippen LogP contribution in [-0.2, 0) is 0 Å². The van der Waals surface area contributed by atoms with Gasteiger partial charge in [-0.15, -0.1) is 12.4 Å². The number of hydrogen-bond donors (Lipinski definition) is 1. The molecule has 0 fully saturated rings. The van der Waals surface area contributed by atoms with Gasteiger partial charge in [0.2, 0.25) is 0 Å². The summed E-state index contributed by atoms with van der Waals surface area (Å²) in [4.78, 5) is 5.94. The summed E-state index contributed by atoms with van der Waals surface area (Å²) in [6.07, 6.45) is 0. The average molecular weight is 226 g/mol. The van der Waals surface area contributed by atoms with Crippen molar-refractivity contribution in [3.63, 3.8) is 0 Å². The Kier molecular flexibility index (Phi) is 5.68. The van der Waals surface area contributed by atoms with Gasteiger partial charge in [-0.05, 0) is 24.6 Å². The van der Waals surface area contributed by atoms with Gasteiger partial charge in [0, 0.05) is 19.8 Å². The van der Waals surface area contributed by atoms with Crippen molar-refractivity contribution in [1.82, 2.24) is 0 Å². The van der Waals surface area contributed by atoms with Crippen LogP contribution in [0.15, 0.2) is 29.3 Å². The molecule has 0 heterocycles. The molecule has 82 valence electrons. The minimum absolute atomic E-state index is 0. The van der Waals surface area contributed by atoms with Crippen LogP contribution in [0.2, 0.25) is 0 Å². The molecular weight excluding hydrogens is 210 g/mol. The first-order valence-electron chi connectivity index (χ1n) is 4.54. The van der Waals surface area contributed by atoms with Crippen LogP contribution in [0.1, 0.15) is 18.5 Å². The van der Waals surface area contributed by atoms with Gasteiger partial charge in [-0.1, -0.05) is 12.1 Å². The zero-order valence-electron chi connectivity index (χ0n) is 9.19. The minimum atomic E-state index is 0. The molecule has 0 amide bonds. The lowest BCUT2D eigenvalue weighted by atomic mass is 10.1. The Morgan fingerprint density at radius 2 is 2.07 bits per heavy atom. The van der Waals surface area contributed by atoms with E-state index in [-0.39, 0.29) is 18.4 Å². The highest BCUT2D eigenvalue weighted by Gasteiger charge is 2.03. The Bertz CT molecular complexity index is 357. The third-order valence-corrected chi connectivity index (χ3v) is 2.13. The van der Waals surface area contributed by atoms with Gasteiger partial charge in [0.05, 0.1) is 12.1 Å². The lowest BCUT2D eigenvalue weighted by Crippen LogP contribution is -2.08. The Labute approximate surface area is 96.7 Å². The van der Waals surface area contributed by atoms with Crippen LogP contribution in [0.4, 0.5) is 5.69 Å². The predicted molar refractivity (Wildman–Crippen MR) is 66.6 cm³/mol. The van der Waals surface area contributed by atoms with Crippen LogP contribution in [0.5, 0.6) is 0 Å². The monoisotopic (exact) mass is 225 g/mol. The second-order valence-electron chi connectivity index (χ2n) is 3.41. The first-order chi connectivity index (χ1) is 6.65. The van der Waals surface area contributed by atoms with E-state index in [0.29, 0.717) is 0 Å². The van der Waals surface area contributed by atoms with Crippen molar-refractivity contribution >= 4 is 24.1 Å². The summed E-state index contributed by atoms with van der Waals surface area (Å²) >= 11 is 0. The fourth-order valence-corrected chi connectivity index (χ4v) is 1.23. The van der Waals surface area contributed by atoms with E-state index >= 15 is 0 Å². The fraction of sp³-hybridized carbons (Fsp3) is 0.364. The van der Waals surface area contributed by atoms with Crippen molar-refractivity contribution in [2.24, 2.45) is 4.99 Å². The summed E-state index contributed by atoms with van der Waals surface area (Å²) in [7, 11) is 4.01. The molecule has 0 bridgehead atoms. The average Bonchev–Trinajstić information content (AvgIpc) is 2.18. The van der Waals surface area contributed by atoms with E-state index in [0.717, 1.165) is 11.3 Å². The van der Waals surface area contributed by atoms with E-state index in [4.69, 9.17) is 5.41 Å². The smallest absolute Gasteiger partial charge is 0.0868 e. The molecule has 0 aliphatic rings. The highest BCUT2D eigenvalue weighted by Crippen LogP contribution is 2.20. The topological polar surface area (TPSA) is 39.5 Å². The van der Waals surface area contributed by atoms with E-state index in [1.165, 1.54) is 0 Å². The number of nitrogens with zero attached hydrogens (tertiary/aromatic N) is 2. The molecule has 0 spiro atoms. The second kappa shape index (κ2) is 6.23. The predicted octanol–water partition coefficient (Wildman–Crippen LogP) is 2.99. The zero-order chi connectivity index (χ0) is 10.6. The fourth-order valence-electron chi connectivity index (χ4n) is 1.23. The first kappa shape index (κ1) is 13.7. The van der Waals surface area contributed by atoms with Gasteiger partial charge in [-0.25, -0.2) is 10.4 Å². The summed E-state index contributed by atoms with van der Waals surface area (Å²) in [5.74, 6) is 0. The zero-order valence-corrected chi connectivity index (χ0v) is 10.0. The van der Waals surface area contributed by atoms with Crippen LogP contribution in [-0.4, -0.2) is 20.1 Å². The molecular formula is C11H16ClN3. The lowest BCUT2D eigenvalue weighted by molar-refractivity contribution is 0.824.